The number of carbonyl (C=O) groups excluding carboxylic acids is 1. The lowest BCUT2D eigenvalue weighted by Gasteiger charge is -2.16. The van der Waals surface area contributed by atoms with Gasteiger partial charge in [-0.25, -0.2) is 4.98 Å². The van der Waals surface area contributed by atoms with E-state index in [4.69, 9.17) is 0 Å². The molecule has 158 valence electrons. The van der Waals surface area contributed by atoms with E-state index >= 15 is 0 Å². The monoisotopic (exact) mass is 440 g/mol. The van der Waals surface area contributed by atoms with Gasteiger partial charge in [-0.15, -0.1) is 11.3 Å². The molecule has 2 heterocycles. The van der Waals surface area contributed by atoms with Crippen LogP contribution in [0.5, 0.6) is 5.75 Å². The van der Waals surface area contributed by atoms with E-state index in [1.54, 1.807) is 35.3 Å². The van der Waals surface area contributed by atoms with Crippen molar-refractivity contribution < 1.29 is 18.3 Å². The second kappa shape index (κ2) is 9.05. The minimum atomic E-state index is -2.87. The van der Waals surface area contributed by atoms with Gasteiger partial charge in [0.2, 0.25) is 0 Å². The zero-order chi connectivity index (χ0) is 21.8. The standard InChI is InChI=1S/C22H18F2N4O2S/c1-14-18(15-8-10-17(11-9-15)30-21(23)24)26-22(31-14)27-20(29)19(28-13-5-12-25-28)16-6-3-2-4-7-16/h2-13,19,21H,1H3,(H,26,27,29). The molecule has 2 aromatic carbocycles. The molecule has 1 atom stereocenters. The molecule has 1 amide bonds. The van der Waals surface area contributed by atoms with Gasteiger partial charge in [-0.1, -0.05) is 30.3 Å². The van der Waals surface area contributed by atoms with Crippen molar-refractivity contribution in [3.8, 4) is 17.0 Å². The molecule has 2 aromatic heterocycles. The van der Waals surface area contributed by atoms with E-state index in [0.717, 1.165) is 16.0 Å². The van der Waals surface area contributed by atoms with Crippen LogP contribution in [0, 0.1) is 6.92 Å². The Morgan fingerprint density at radius 1 is 1.10 bits per heavy atom. The number of rotatable bonds is 7. The second-order valence-electron chi connectivity index (χ2n) is 6.62. The third-order valence-electron chi connectivity index (χ3n) is 4.53. The number of aromatic nitrogens is 3. The topological polar surface area (TPSA) is 69.0 Å². The zero-order valence-electron chi connectivity index (χ0n) is 16.4. The Balaban J connectivity index is 1.56. The minimum absolute atomic E-state index is 0.0742. The lowest BCUT2D eigenvalue weighted by Crippen LogP contribution is -2.27. The van der Waals surface area contributed by atoms with Gasteiger partial charge in [0.05, 0.1) is 5.69 Å². The number of hydrogen-bond acceptors (Lipinski definition) is 5. The molecule has 4 aromatic rings. The number of benzene rings is 2. The summed E-state index contributed by atoms with van der Waals surface area (Å²) in [6.07, 6.45) is 3.36. The molecular weight excluding hydrogens is 422 g/mol. The highest BCUT2D eigenvalue weighted by atomic mass is 32.1. The van der Waals surface area contributed by atoms with Crippen molar-refractivity contribution in [3.63, 3.8) is 0 Å². The van der Waals surface area contributed by atoms with Gasteiger partial charge in [-0.05, 0) is 42.8 Å². The van der Waals surface area contributed by atoms with E-state index in [1.165, 1.54) is 23.5 Å². The maximum absolute atomic E-state index is 13.1. The Morgan fingerprint density at radius 3 is 2.48 bits per heavy atom. The summed E-state index contributed by atoms with van der Waals surface area (Å²) in [5, 5.41) is 7.55. The fraction of sp³-hybridized carbons (Fsp3) is 0.136. The third kappa shape index (κ3) is 4.77. The summed E-state index contributed by atoms with van der Waals surface area (Å²) in [5.41, 5.74) is 2.20. The third-order valence-corrected chi connectivity index (χ3v) is 5.42. The maximum Gasteiger partial charge on any atom is 0.387 e. The number of aryl methyl sites for hydroxylation is 1. The van der Waals surface area contributed by atoms with Crippen molar-refractivity contribution in [1.29, 1.82) is 0 Å². The molecular formula is C22H18F2N4O2S. The lowest BCUT2D eigenvalue weighted by molar-refractivity contribution is -0.118. The predicted molar refractivity (Wildman–Crippen MR) is 114 cm³/mol. The first-order valence-electron chi connectivity index (χ1n) is 9.39. The molecule has 31 heavy (non-hydrogen) atoms. The summed E-state index contributed by atoms with van der Waals surface area (Å²) in [6, 6.07) is 16.7. The smallest absolute Gasteiger partial charge is 0.387 e. The van der Waals surface area contributed by atoms with Crippen molar-refractivity contribution in [2.75, 3.05) is 5.32 Å². The van der Waals surface area contributed by atoms with Gasteiger partial charge in [0, 0.05) is 22.8 Å². The molecule has 0 saturated heterocycles. The van der Waals surface area contributed by atoms with Crippen molar-refractivity contribution in [2.24, 2.45) is 0 Å². The lowest BCUT2D eigenvalue weighted by atomic mass is 10.1. The molecule has 9 heteroatoms. The van der Waals surface area contributed by atoms with Gasteiger partial charge in [0.25, 0.3) is 5.91 Å². The molecule has 1 unspecified atom stereocenters. The Hall–Kier alpha value is -3.59. The molecule has 0 spiro atoms. The maximum atomic E-state index is 13.1. The quantitative estimate of drug-likeness (QED) is 0.432. The number of amides is 1. The number of halogens is 2. The van der Waals surface area contributed by atoms with E-state index in [1.807, 2.05) is 37.3 Å². The fourth-order valence-electron chi connectivity index (χ4n) is 3.18. The summed E-state index contributed by atoms with van der Waals surface area (Å²) in [5.74, 6) is -0.194. The van der Waals surface area contributed by atoms with Crippen molar-refractivity contribution in [3.05, 3.63) is 83.5 Å². The number of thiazole rings is 1. The number of alkyl halides is 2. The average molecular weight is 440 g/mol. The van der Waals surface area contributed by atoms with Crippen LogP contribution in [0.2, 0.25) is 0 Å². The molecule has 4 rings (SSSR count). The van der Waals surface area contributed by atoms with Gasteiger partial charge in [-0.2, -0.15) is 13.9 Å². The highest BCUT2D eigenvalue weighted by molar-refractivity contribution is 7.16. The molecule has 0 aliphatic heterocycles. The van der Waals surface area contributed by atoms with Crippen LogP contribution < -0.4 is 10.1 Å². The van der Waals surface area contributed by atoms with Crippen LogP contribution >= 0.6 is 11.3 Å². The van der Waals surface area contributed by atoms with Crippen molar-refractivity contribution in [2.45, 2.75) is 19.6 Å². The normalized spacial score (nSPS) is 12.0. The highest BCUT2D eigenvalue weighted by Gasteiger charge is 2.24. The van der Waals surface area contributed by atoms with Crippen LogP contribution in [0.25, 0.3) is 11.3 Å². The highest BCUT2D eigenvalue weighted by Crippen LogP contribution is 2.32. The van der Waals surface area contributed by atoms with Crippen LogP contribution in [-0.4, -0.2) is 27.3 Å². The first-order valence-corrected chi connectivity index (χ1v) is 10.2. The second-order valence-corrected chi connectivity index (χ2v) is 7.82. The van der Waals surface area contributed by atoms with Crippen molar-refractivity contribution >= 4 is 22.4 Å². The van der Waals surface area contributed by atoms with E-state index in [0.29, 0.717) is 10.8 Å². The molecule has 6 nitrogen and oxygen atoms in total. The molecule has 0 aliphatic carbocycles. The molecule has 0 radical (unpaired) electrons. The first kappa shape index (κ1) is 20.7. The van der Waals surface area contributed by atoms with Gasteiger partial charge >= 0.3 is 6.61 Å². The zero-order valence-corrected chi connectivity index (χ0v) is 17.2. The number of anilines is 1. The predicted octanol–water partition coefficient (Wildman–Crippen LogP) is 5.14. The fourth-order valence-corrected chi connectivity index (χ4v) is 4.02. The molecule has 1 N–H and O–H groups in total. The summed E-state index contributed by atoms with van der Waals surface area (Å²) >= 11 is 1.34. The van der Waals surface area contributed by atoms with Crippen LogP contribution in [0.3, 0.4) is 0 Å². The molecule has 0 bridgehead atoms. The van der Waals surface area contributed by atoms with Gasteiger partial charge in [0.1, 0.15) is 5.75 Å². The molecule has 0 fully saturated rings. The Bertz CT molecular complexity index is 1150. The summed E-state index contributed by atoms with van der Waals surface area (Å²) < 4.78 is 30.7. The van der Waals surface area contributed by atoms with E-state index in [2.05, 4.69) is 20.1 Å². The summed E-state index contributed by atoms with van der Waals surface area (Å²) in [6.45, 7) is -0.991. The molecule has 0 saturated carbocycles. The van der Waals surface area contributed by atoms with E-state index in [9.17, 15) is 13.6 Å². The number of nitrogens with one attached hydrogen (secondary N) is 1. The van der Waals surface area contributed by atoms with E-state index < -0.39 is 12.7 Å². The number of carbonyl (C=O) groups is 1. The van der Waals surface area contributed by atoms with Gasteiger partial charge in [-0.3, -0.25) is 14.8 Å². The summed E-state index contributed by atoms with van der Waals surface area (Å²) in [4.78, 5) is 18.5. The van der Waals surface area contributed by atoms with Gasteiger partial charge < -0.3 is 4.74 Å². The van der Waals surface area contributed by atoms with E-state index in [-0.39, 0.29) is 11.7 Å². The van der Waals surface area contributed by atoms with Crippen molar-refractivity contribution in [1.82, 2.24) is 14.8 Å². The Morgan fingerprint density at radius 2 is 1.84 bits per heavy atom. The van der Waals surface area contributed by atoms with Crippen LogP contribution in [-0.2, 0) is 4.79 Å². The SMILES string of the molecule is Cc1sc(NC(=O)C(c2ccccc2)n2cccn2)nc1-c1ccc(OC(F)F)cc1. The van der Waals surface area contributed by atoms with Gasteiger partial charge in [0.15, 0.2) is 11.2 Å². The Labute approximate surface area is 181 Å². The number of nitrogens with zero attached hydrogens (tertiary/aromatic N) is 3. The largest absolute Gasteiger partial charge is 0.435 e. The first-order chi connectivity index (χ1) is 15.0. The van der Waals surface area contributed by atoms with Crippen LogP contribution in [0.4, 0.5) is 13.9 Å². The van der Waals surface area contributed by atoms with Crippen LogP contribution in [0.15, 0.2) is 73.1 Å². The number of ether oxygens (including phenoxy) is 1. The average Bonchev–Trinajstić information content (AvgIpc) is 3.39. The minimum Gasteiger partial charge on any atom is -0.435 e. The summed E-state index contributed by atoms with van der Waals surface area (Å²) in [7, 11) is 0. The molecule has 0 aliphatic rings. The number of hydrogen-bond donors (Lipinski definition) is 1. The Kier molecular flexibility index (Phi) is 6.03. The van der Waals surface area contributed by atoms with Crippen LogP contribution in [0.1, 0.15) is 16.5 Å².